The third-order valence-corrected chi connectivity index (χ3v) is 2.66. The molecule has 3 nitrogen and oxygen atoms in total. The molecule has 1 heterocycles. The van der Waals surface area contributed by atoms with Crippen LogP contribution in [0.15, 0.2) is 0 Å². The highest BCUT2D eigenvalue weighted by Crippen LogP contribution is 2.12. The fraction of sp³-hybridized carbons (Fsp3) is 0.750. The monoisotopic (exact) mass is 281 g/mol. The fourth-order valence-electron chi connectivity index (χ4n) is 1.27. The molecule has 0 N–H and O–H groups in total. The van der Waals surface area contributed by atoms with Crippen molar-refractivity contribution in [3.63, 3.8) is 0 Å². The van der Waals surface area contributed by atoms with Crippen LogP contribution in [0.2, 0.25) is 0 Å². The van der Waals surface area contributed by atoms with Crippen LogP contribution in [0, 0.1) is 0 Å². The van der Waals surface area contributed by atoms with Crippen molar-refractivity contribution < 1.29 is 9.59 Å². The number of hydrogen-bond acceptors (Lipinski definition) is 2. The first-order valence-corrected chi connectivity index (χ1v) is 5.67. The molecule has 4 heteroatoms. The van der Waals surface area contributed by atoms with Crippen molar-refractivity contribution in [3.05, 3.63) is 0 Å². The molecule has 0 spiro atoms. The molecule has 2 amide bonds. The van der Waals surface area contributed by atoms with Crippen molar-refractivity contribution in [2.24, 2.45) is 0 Å². The first kappa shape index (κ1) is 9.95. The van der Waals surface area contributed by atoms with E-state index in [4.69, 9.17) is 0 Å². The maximum atomic E-state index is 11.2. The number of halogens is 1. The maximum absolute atomic E-state index is 11.2. The number of piperidine rings is 1. The summed E-state index contributed by atoms with van der Waals surface area (Å²) >= 11 is 2.25. The molecule has 1 saturated heterocycles. The van der Waals surface area contributed by atoms with E-state index in [1.54, 1.807) is 0 Å². The molecule has 12 heavy (non-hydrogen) atoms. The smallest absolute Gasteiger partial charge is 0.229 e. The number of likely N-dealkylation sites (tertiary alicyclic amines) is 1. The van der Waals surface area contributed by atoms with Crippen LogP contribution in [0.4, 0.5) is 0 Å². The van der Waals surface area contributed by atoms with Gasteiger partial charge in [-0.3, -0.25) is 14.5 Å². The summed E-state index contributed by atoms with van der Waals surface area (Å²) in [6, 6.07) is 0. The van der Waals surface area contributed by atoms with Crippen LogP contribution in [-0.4, -0.2) is 27.7 Å². The van der Waals surface area contributed by atoms with Crippen molar-refractivity contribution in [2.75, 3.05) is 11.0 Å². The number of nitrogens with zero attached hydrogens (tertiary/aromatic N) is 1. The van der Waals surface area contributed by atoms with Crippen molar-refractivity contribution >= 4 is 34.4 Å². The second kappa shape index (κ2) is 4.79. The number of hydrogen-bond donors (Lipinski definition) is 0. The Kier molecular flexibility index (Phi) is 3.97. The second-order valence-electron chi connectivity index (χ2n) is 2.84. The molecule has 0 atom stereocenters. The van der Waals surface area contributed by atoms with Crippen LogP contribution in [0.25, 0.3) is 0 Å². The van der Waals surface area contributed by atoms with Crippen molar-refractivity contribution in [3.8, 4) is 0 Å². The number of rotatable bonds is 3. The zero-order valence-electron chi connectivity index (χ0n) is 6.88. The first-order chi connectivity index (χ1) is 5.75. The lowest BCUT2D eigenvalue weighted by Gasteiger charge is -2.24. The molecular weight excluding hydrogens is 269 g/mol. The van der Waals surface area contributed by atoms with Gasteiger partial charge in [-0.1, -0.05) is 22.6 Å². The predicted molar refractivity (Wildman–Crippen MR) is 54.1 cm³/mol. The first-order valence-electron chi connectivity index (χ1n) is 4.15. The summed E-state index contributed by atoms with van der Waals surface area (Å²) in [5.74, 6) is 0.0206. The van der Waals surface area contributed by atoms with Gasteiger partial charge in [0.1, 0.15) is 0 Å². The maximum Gasteiger partial charge on any atom is 0.229 e. The quantitative estimate of drug-likeness (QED) is 0.445. The SMILES string of the molecule is O=C1CCCC(=O)N1CCCI. The average molecular weight is 281 g/mol. The largest absolute Gasteiger partial charge is 0.283 e. The zero-order chi connectivity index (χ0) is 8.97. The van der Waals surface area contributed by atoms with Crippen LogP contribution in [0.5, 0.6) is 0 Å². The minimum atomic E-state index is 0.0103. The minimum Gasteiger partial charge on any atom is -0.283 e. The zero-order valence-corrected chi connectivity index (χ0v) is 9.04. The van der Waals surface area contributed by atoms with E-state index in [2.05, 4.69) is 22.6 Å². The van der Waals surface area contributed by atoms with Gasteiger partial charge in [0.25, 0.3) is 0 Å². The molecule has 0 saturated carbocycles. The summed E-state index contributed by atoms with van der Waals surface area (Å²) in [4.78, 5) is 23.8. The molecule has 1 rings (SSSR count). The van der Waals surface area contributed by atoms with Crippen LogP contribution in [-0.2, 0) is 9.59 Å². The normalized spacial score (nSPS) is 18.6. The van der Waals surface area contributed by atoms with Gasteiger partial charge in [0.2, 0.25) is 11.8 Å². The molecule has 0 aromatic carbocycles. The molecule has 1 fully saturated rings. The molecule has 0 aromatic heterocycles. The lowest BCUT2D eigenvalue weighted by molar-refractivity contribution is -0.147. The summed E-state index contributed by atoms with van der Waals surface area (Å²) in [5, 5.41) is 0. The number of carbonyl (C=O) groups excluding carboxylic acids is 2. The molecule has 1 aliphatic heterocycles. The standard InChI is InChI=1S/C8H12INO2/c9-5-2-6-10-7(11)3-1-4-8(10)12/h1-6H2. The van der Waals surface area contributed by atoms with E-state index in [0.29, 0.717) is 19.4 Å². The summed E-state index contributed by atoms with van der Waals surface area (Å²) in [5.41, 5.74) is 0. The molecule has 68 valence electrons. The Morgan fingerprint density at radius 1 is 1.25 bits per heavy atom. The van der Waals surface area contributed by atoms with Gasteiger partial charge in [-0.05, 0) is 12.8 Å². The number of carbonyl (C=O) groups is 2. The Labute approximate surface area is 85.6 Å². The van der Waals surface area contributed by atoms with E-state index in [-0.39, 0.29) is 11.8 Å². The number of alkyl halides is 1. The van der Waals surface area contributed by atoms with Gasteiger partial charge >= 0.3 is 0 Å². The Balaban J connectivity index is 2.45. The fourth-order valence-corrected chi connectivity index (χ4v) is 1.61. The van der Waals surface area contributed by atoms with Gasteiger partial charge in [-0.25, -0.2) is 0 Å². The highest BCUT2D eigenvalue weighted by Gasteiger charge is 2.24. The van der Waals surface area contributed by atoms with Crippen LogP contribution in [0.3, 0.4) is 0 Å². The van der Waals surface area contributed by atoms with E-state index in [9.17, 15) is 9.59 Å². The molecule has 0 radical (unpaired) electrons. The van der Waals surface area contributed by atoms with E-state index >= 15 is 0 Å². The molecule has 0 bridgehead atoms. The second-order valence-corrected chi connectivity index (χ2v) is 3.91. The van der Waals surface area contributed by atoms with E-state index < -0.39 is 0 Å². The lowest BCUT2D eigenvalue weighted by Crippen LogP contribution is -2.40. The minimum absolute atomic E-state index is 0.0103. The highest BCUT2D eigenvalue weighted by atomic mass is 127. The predicted octanol–water partition coefficient (Wildman–Crippen LogP) is 1.35. The third-order valence-electron chi connectivity index (χ3n) is 1.90. The Hall–Kier alpha value is -0.130. The topological polar surface area (TPSA) is 37.4 Å². The Morgan fingerprint density at radius 3 is 2.33 bits per heavy atom. The number of amides is 2. The molecule has 1 aliphatic rings. The van der Waals surface area contributed by atoms with Crippen LogP contribution < -0.4 is 0 Å². The Bertz CT molecular complexity index is 177. The van der Waals surface area contributed by atoms with Gasteiger partial charge in [-0.2, -0.15) is 0 Å². The lowest BCUT2D eigenvalue weighted by atomic mass is 10.1. The summed E-state index contributed by atoms with van der Waals surface area (Å²) in [7, 11) is 0. The highest BCUT2D eigenvalue weighted by molar-refractivity contribution is 14.1. The van der Waals surface area contributed by atoms with Gasteiger partial charge in [0, 0.05) is 23.8 Å². The van der Waals surface area contributed by atoms with E-state index in [1.165, 1.54) is 4.90 Å². The van der Waals surface area contributed by atoms with Crippen LogP contribution >= 0.6 is 22.6 Å². The Morgan fingerprint density at radius 2 is 1.83 bits per heavy atom. The van der Waals surface area contributed by atoms with Gasteiger partial charge in [0.15, 0.2) is 0 Å². The molecule has 0 unspecified atom stereocenters. The molecule has 0 aromatic rings. The summed E-state index contributed by atoms with van der Waals surface area (Å²) in [6.07, 6.45) is 2.75. The van der Waals surface area contributed by atoms with Gasteiger partial charge in [-0.15, -0.1) is 0 Å². The van der Waals surface area contributed by atoms with E-state index in [0.717, 1.165) is 17.3 Å². The van der Waals surface area contributed by atoms with Gasteiger partial charge < -0.3 is 0 Å². The summed E-state index contributed by atoms with van der Waals surface area (Å²) in [6.45, 7) is 0.612. The van der Waals surface area contributed by atoms with Gasteiger partial charge in [0.05, 0.1) is 0 Å². The van der Waals surface area contributed by atoms with Crippen molar-refractivity contribution in [1.82, 2.24) is 4.90 Å². The van der Waals surface area contributed by atoms with Crippen LogP contribution in [0.1, 0.15) is 25.7 Å². The van der Waals surface area contributed by atoms with E-state index in [1.807, 2.05) is 0 Å². The summed E-state index contributed by atoms with van der Waals surface area (Å²) < 4.78 is 0.995. The van der Waals surface area contributed by atoms with Crippen molar-refractivity contribution in [2.45, 2.75) is 25.7 Å². The number of imide groups is 1. The molecular formula is C8H12INO2. The van der Waals surface area contributed by atoms with Crippen molar-refractivity contribution in [1.29, 1.82) is 0 Å². The average Bonchev–Trinajstić information content (AvgIpc) is 2.04. The third kappa shape index (κ3) is 2.43. The molecule has 0 aliphatic carbocycles.